The molecule has 33 heavy (non-hydrogen) atoms. The van der Waals surface area contributed by atoms with Crippen molar-refractivity contribution in [3.05, 3.63) is 30.5 Å². The van der Waals surface area contributed by atoms with Crippen LogP contribution < -0.4 is 10.0 Å². The van der Waals surface area contributed by atoms with Gasteiger partial charge in [0.05, 0.1) is 22.4 Å². The Morgan fingerprint density at radius 2 is 1.85 bits per heavy atom. The summed E-state index contributed by atoms with van der Waals surface area (Å²) in [6.45, 7) is 5.03. The van der Waals surface area contributed by atoms with Crippen molar-refractivity contribution in [3.8, 4) is 11.3 Å². The minimum Gasteiger partial charge on any atom is -0.393 e. The number of sulfonamides is 1. The second-order valence-electron chi connectivity index (χ2n) is 8.49. The number of unbranched alkanes of at least 4 members (excludes halogenated alkanes) is 1. The Morgan fingerprint density at radius 1 is 1.12 bits per heavy atom. The molecule has 1 aliphatic rings. The van der Waals surface area contributed by atoms with E-state index in [1.165, 1.54) is 0 Å². The summed E-state index contributed by atoms with van der Waals surface area (Å²) in [5.41, 5.74) is 2.29. The Bertz CT molecular complexity index is 1180. The summed E-state index contributed by atoms with van der Waals surface area (Å²) in [6, 6.07) is 6.88. The first kappa shape index (κ1) is 23.6. The molecule has 1 aromatic carbocycles. The average Bonchev–Trinajstić information content (AvgIpc) is 3.19. The molecule has 9 nitrogen and oxygen atoms in total. The Balaban J connectivity index is 1.73. The van der Waals surface area contributed by atoms with E-state index >= 15 is 0 Å². The van der Waals surface area contributed by atoms with Crippen LogP contribution in [0, 0.1) is 0 Å². The zero-order valence-electron chi connectivity index (χ0n) is 19.2. The lowest BCUT2D eigenvalue weighted by Gasteiger charge is -2.25. The molecule has 0 saturated heterocycles. The van der Waals surface area contributed by atoms with Gasteiger partial charge in [0.15, 0.2) is 5.65 Å². The summed E-state index contributed by atoms with van der Waals surface area (Å²) in [4.78, 5) is 9.49. The Morgan fingerprint density at radius 3 is 2.52 bits per heavy atom. The molecule has 1 fully saturated rings. The highest BCUT2D eigenvalue weighted by Crippen LogP contribution is 2.34. The number of nitrogens with zero attached hydrogens (tertiary/aromatic N) is 4. The maximum Gasteiger partial charge on any atom is 0.240 e. The van der Waals surface area contributed by atoms with Crippen molar-refractivity contribution in [2.45, 2.75) is 69.4 Å². The largest absolute Gasteiger partial charge is 0.393 e. The highest BCUT2D eigenvalue weighted by atomic mass is 32.2. The van der Waals surface area contributed by atoms with Crippen LogP contribution in [0.3, 0.4) is 0 Å². The lowest BCUT2D eigenvalue weighted by atomic mass is 9.93. The predicted octanol–water partition coefficient (Wildman–Crippen LogP) is 3.48. The maximum absolute atomic E-state index is 12.3. The van der Waals surface area contributed by atoms with Gasteiger partial charge in [-0.3, -0.25) is 0 Å². The molecule has 2 aromatic heterocycles. The molecule has 0 spiro atoms. The molecule has 10 heteroatoms. The van der Waals surface area contributed by atoms with Crippen LogP contribution in [-0.2, 0) is 10.0 Å². The molecule has 178 valence electrons. The van der Waals surface area contributed by atoms with Gasteiger partial charge in [-0.25, -0.2) is 22.8 Å². The number of hydrogen-bond donors (Lipinski definition) is 3. The van der Waals surface area contributed by atoms with Gasteiger partial charge in [-0.2, -0.15) is 10.1 Å². The van der Waals surface area contributed by atoms with Crippen molar-refractivity contribution < 1.29 is 13.5 Å². The maximum atomic E-state index is 12.3. The average molecular weight is 473 g/mol. The molecule has 2 heterocycles. The zero-order valence-corrected chi connectivity index (χ0v) is 20.0. The van der Waals surface area contributed by atoms with Crippen molar-refractivity contribution in [2.75, 3.05) is 18.4 Å². The molecule has 0 unspecified atom stereocenters. The van der Waals surface area contributed by atoms with Crippen LogP contribution in [0.2, 0.25) is 0 Å². The van der Waals surface area contributed by atoms with E-state index in [4.69, 9.17) is 10.1 Å². The van der Waals surface area contributed by atoms with Crippen molar-refractivity contribution >= 4 is 27.0 Å². The van der Waals surface area contributed by atoms with Crippen LogP contribution in [0.1, 0.15) is 58.4 Å². The zero-order chi connectivity index (χ0) is 23.4. The summed E-state index contributed by atoms with van der Waals surface area (Å²) in [5, 5.41) is 19.0. The third-order valence-electron chi connectivity index (χ3n) is 6.05. The number of aliphatic hydroxyl groups excluding tert-OH is 1. The van der Waals surface area contributed by atoms with Gasteiger partial charge in [-0.1, -0.05) is 32.4 Å². The van der Waals surface area contributed by atoms with Crippen LogP contribution in [0.15, 0.2) is 35.4 Å². The molecule has 1 saturated carbocycles. The third kappa shape index (κ3) is 5.18. The molecular weight excluding hydrogens is 440 g/mol. The molecule has 0 bridgehead atoms. The highest BCUT2D eigenvalue weighted by Gasteiger charge is 2.26. The second-order valence-corrected chi connectivity index (χ2v) is 10.3. The van der Waals surface area contributed by atoms with Crippen LogP contribution in [0.4, 0.5) is 5.95 Å². The lowest BCUT2D eigenvalue weighted by Crippen LogP contribution is -2.23. The Labute approximate surface area is 194 Å². The fraction of sp³-hybridized carbons (Fsp3) is 0.522. The second kappa shape index (κ2) is 10.1. The summed E-state index contributed by atoms with van der Waals surface area (Å²) in [7, 11) is -3.52. The van der Waals surface area contributed by atoms with Crippen molar-refractivity contribution in [3.63, 3.8) is 0 Å². The molecular formula is C23H32N6O3S. The van der Waals surface area contributed by atoms with Crippen LogP contribution >= 0.6 is 0 Å². The number of aromatic nitrogens is 4. The molecule has 0 atom stereocenters. The van der Waals surface area contributed by atoms with Gasteiger partial charge in [0.1, 0.15) is 5.69 Å². The van der Waals surface area contributed by atoms with Gasteiger partial charge in [0, 0.05) is 24.8 Å². The van der Waals surface area contributed by atoms with Crippen LogP contribution in [0.5, 0.6) is 0 Å². The van der Waals surface area contributed by atoms with E-state index in [2.05, 4.69) is 21.9 Å². The number of hydrogen-bond acceptors (Lipinski definition) is 7. The van der Waals surface area contributed by atoms with Crippen LogP contribution in [-0.4, -0.2) is 52.5 Å². The summed E-state index contributed by atoms with van der Waals surface area (Å²) < 4.78 is 29.1. The Hall–Kier alpha value is -2.56. The van der Waals surface area contributed by atoms with E-state index in [1.54, 1.807) is 37.4 Å². The molecule has 1 aliphatic carbocycles. The summed E-state index contributed by atoms with van der Waals surface area (Å²) in [6.07, 6.45) is 6.80. The fourth-order valence-electron chi connectivity index (χ4n) is 4.22. The van der Waals surface area contributed by atoms with Gasteiger partial charge < -0.3 is 10.4 Å². The standard InChI is InChI=1S/C23H32N6O3S/c1-3-5-14-24-23-25-15-20-21(16-6-12-19(13-7-16)33(31,32)26-4-2)28-29(22(20)27-23)17-8-10-18(30)11-9-17/h6-7,12-13,15,17-18,26,30H,3-5,8-11,14H2,1-2H3,(H,24,25,27)/t17-,18-. The molecule has 3 aromatic rings. The third-order valence-corrected chi connectivity index (χ3v) is 7.61. The Kier molecular flexibility index (Phi) is 7.26. The van der Waals surface area contributed by atoms with Gasteiger partial charge in [0.2, 0.25) is 16.0 Å². The SMILES string of the molecule is CCCCNc1ncc2c(-c3ccc(S(=O)(=O)NCC)cc3)nn([C@H]3CC[C@H](O)CC3)c2n1. The predicted molar refractivity (Wildman–Crippen MR) is 129 cm³/mol. The number of rotatable bonds is 9. The van der Waals surface area contributed by atoms with Crippen molar-refractivity contribution in [2.24, 2.45) is 0 Å². The topological polar surface area (TPSA) is 122 Å². The molecule has 0 aliphatic heterocycles. The number of nitrogens with one attached hydrogen (secondary N) is 2. The molecule has 3 N–H and O–H groups in total. The minimum absolute atomic E-state index is 0.149. The molecule has 4 rings (SSSR count). The smallest absolute Gasteiger partial charge is 0.240 e. The number of aliphatic hydroxyl groups is 1. The first-order valence-electron chi connectivity index (χ1n) is 11.7. The van der Waals surface area contributed by atoms with Gasteiger partial charge in [-0.15, -0.1) is 0 Å². The lowest BCUT2D eigenvalue weighted by molar-refractivity contribution is 0.109. The number of anilines is 1. The summed E-state index contributed by atoms with van der Waals surface area (Å²) >= 11 is 0. The van der Waals surface area contributed by atoms with Crippen LogP contribution in [0.25, 0.3) is 22.3 Å². The monoisotopic (exact) mass is 472 g/mol. The van der Waals surface area contributed by atoms with E-state index in [0.29, 0.717) is 12.5 Å². The fourth-order valence-corrected chi connectivity index (χ4v) is 5.26. The van der Waals surface area contributed by atoms with Gasteiger partial charge in [0.25, 0.3) is 0 Å². The van der Waals surface area contributed by atoms with E-state index in [1.807, 2.05) is 4.68 Å². The highest BCUT2D eigenvalue weighted by molar-refractivity contribution is 7.89. The molecule has 0 amide bonds. The first-order valence-corrected chi connectivity index (χ1v) is 13.2. The van der Waals surface area contributed by atoms with E-state index < -0.39 is 10.0 Å². The molecule has 0 radical (unpaired) electrons. The van der Waals surface area contributed by atoms with E-state index in [-0.39, 0.29) is 17.0 Å². The first-order chi connectivity index (χ1) is 15.9. The van der Waals surface area contributed by atoms with E-state index in [9.17, 15) is 13.5 Å². The summed E-state index contributed by atoms with van der Waals surface area (Å²) in [5.74, 6) is 0.576. The quantitative estimate of drug-likeness (QED) is 0.408. The number of benzene rings is 1. The van der Waals surface area contributed by atoms with E-state index in [0.717, 1.165) is 67.4 Å². The minimum atomic E-state index is -3.52. The van der Waals surface area contributed by atoms with Gasteiger partial charge >= 0.3 is 0 Å². The normalized spacial score (nSPS) is 19.1. The van der Waals surface area contributed by atoms with Gasteiger partial charge in [-0.05, 0) is 44.2 Å². The van der Waals surface area contributed by atoms with Crippen molar-refractivity contribution in [1.82, 2.24) is 24.5 Å². The number of fused-ring (bicyclic) bond motifs is 1. The van der Waals surface area contributed by atoms with Crippen molar-refractivity contribution in [1.29, 1.82) is 0 Å².